The Balaban J connectivity index is 1.47. The number of ketones is 1. The number of hydrogen-bond donors (Lipinski definition) is 0. The number of hydrogen-bond acceptors (Lipinski definition) is 3. The summed E-state index contributed by atoms with van der Waals surface area (Å²) >= 11 is 5.90. The molecule has 0 fully saturated rings. The Morgan fingerprint density at radius 3 is 2.11 bits per heavy atom. The van der Waals surface area contributed by atoms with Crippen LogP contribution in [0.5, 0.6) is 0 Å². The second kappa shape index (κ2) is 7.75. The number of allylic oxidation sites excluding steroid dienone is 1. The average molecular weight is 389 g/mol. The van der Waals surface area contributed by atoms with Crippen molar-refractivity contribution in [3.63, 3.8) is 0 Å². The Hall–Kier alpha value is -3.30. The van der Waals surface area contributed by atoms with E-state index in [1.165, 1.54) is 11.6 Å². The molecule has 0 N–H and O–H groups in total. The molecule has 28 heavy (non-hydrogen) atoms. The molecule has 0 amide bonds. The van der Waals surface area contributed by atoms with Gasteiger partial charge in [-0.25, -0.2) is 0 Å². The van der Waals surface area contributed by atoms with Crippen LogP contribution in [0.15, 0.2) is 87.7 Å². The number of aryl methyl sites for hydroxylation is 1. The predicted molar refractivity (Wildman–Crippen MR) is 111 cm³/mol. The van der Waals surface area contributed by atoms with Crippen LogP contribution in [0, 0.1) is 6.92 Å². The number of furan rings is 2. The van der Waals surface area contributed by atoms with Crippen LogP contribution in [0.4, 0.5) is 0 Å². The molecule has 0 saturated carbocycles. The van der Waals surface area contributed by atoms with Crippen LogP contribution in [-0.2, 0) is 0 Å². The van der Waals surface area contributed by atoms with Crippen LogP contribution in [-0.4, -0.2) is 5.78 Å². The van der Waals surface area contributed by atoms with Crippen molar-refractivity contribution in [1.29, 1.82) is 0 Å². The highest BCUT2D eigenvalue weighted by Crippen LogP contribution is 2.25. The lowest BCUT2D eigenvalue weighted by Gasteiger charge is -1.97. The van der Waals surface area contributed by atoms with E-state index in [1.54, 1.807) is 30.3 Å². The maximum absolute atomic E-state index is 12.4. The summed E-state index contributed by atoms with van der Waals surface area (Å²) in [4.78, 5) is 12.4. The van der Waals surface area contributed by atoms with E-state index in [-0.39, 0.29) is 11.5 Å². The van der Waals surface area contributed by atoms with Crippen LogP contribution in [0.25, 0.3) is 28.7 Å². The lowest BCUT2D eigenvalue weighted by Crippen LogP contribution is -1.90. The largest absolute Gasteiger partial charge is 0.457 e. The van der Waals surface area contributed by atoms with Crippen LogP contribution in [0.2, 0.25) is 5.02 Å². The normalized spacial score (nSPS) is 11.2. The Labute approximate surface area is 167 Å². The van der Waals surface area contributed by atoms with Gasteiger partial charge in [-0.2, -0.15) is 0 Å². The number of rotatable bonds is 5. The van der Waals surface area contributed by atoms with Crippen molar-refractivity contribution < 1.29 is 13.6 Å². The second-order valence-electron chi connectivity index (χ2n) is 6.44. The van der Waals surface area contributed by atoms with Gasteiger partial charge in [0.2, 0.25) is 5.78 Å². The Kier molecular flexibility index (Phi) is 5.00. The first kappa shape index (κ1) is 18.1. The molecule has 0 bridgehead atoms. The minimum absolute atomic E-state index is 0.228. The highest BCUT2D eigenvalue weighted by atomic mass is 35.5. The molecule has 0 saturated heterocycles. The Morgan fingerprint density at radius 1 is 0.786 bits per heavy atom. The SMILES string of the molecule is Cc1ccc(-c2ccc(/C=C/C(=O)c3ccc(-c4ccc(Cl)cc4)o3)o2)cc1. The summed E-state index contributed by atoms with van der Waals surface area (Å²) < 4.78 is 11.5. The molecule has 138 valence electrons. The van der Waals surface area contributed by atoms with Crippen molar-refractivity contribution in [3.05, 3.63) is 101 Å². The molecule has 0 unspecified atom stereocenters. The maximum Gasteiger partial charge on any atom is 0.221 e. The number of carbonyl (C=O) groups is 1. The standard InChI is InChI=1S/C24H17ClO3/c1-16-2-4-17(5-3-16)22-13-11-20(27-22)10-12-21(26)24-15-14-23(28-24)18-6-8-19(25)9-7-18/h2-15H,1H3/b12-10+. The van der Waals surface area contributed by atoms with Gasteiger partial charge >= 0.3 is 0 Å². The molecule has 4 aromatic rings. The topological polar surface area (TPSA) is 43.4 Å². The van der Waals surface area contributed by atoms with Gasteiger partial charge in [0.1, 0.15) is 17.3 Å². The van der Waals surface area contributed by atoms with Gasteiger partial charge in [-0.15, -0.1) is 0 Å². The third-order valence-electron chi connectivity index (χ3n) is 4.34. The molecule has 2 heterocycles. The fraction of sp³-hybridized carbons (Fsp3) is 0.0417. The molecule has 3 nitrogen and oxygen atoms in total. The molecule has 0 atom stereocenters. The summed E-state index contributed by atoms with van der Waals surface area (Å²) in [5.41, 5.74) is 3.05. The van der Waals surface area contributed by atoms with Crippen LogP contribution in [0.3, 0.4) is 0 Å². The average Bonchev–Trinajstić information content (AvgIpc) is 3.37. The number of halogens is 1. The first-order valence-corrected chi connectivity index (χ1v) is 9.21. The van der Waals surface area contributed by atoms with Gasteiger partial charge in [0, 0.05) is 16.1 Å². The minimum Gasteiger partial charge on any atom is -0.457 e. The highest BCUT2D eigenvalue weighted by molar-refractivity contribution is 6.30. The van der Waals surface area contributed by atoms with E-state index >= 15 is 0 Å². The number of carbonyl (C=O) groups excluding carboxylic acids is 1. The fourth-order valence-electron chi connectivity index (χ4n) is 2.79. The molecule has 4 rings (SSSR count). The monoisotopic (exact) mass is 388 g/mol. The molecule has 0 aliphatic rings. The van der Waals surface area contributed by atoms with Crippen molar-refractivity contribution >= 4 is 23.5 Å². The van der Waals surface area contributed by atoms with E-state index in [0.717, 1.165) is 16.9 Å². The van der Waals surface area contributed by atoms with Crippen LogP contribution in [0.1, 0.15) is 21.9 Å². The Morgan fingerprint density at radius 2 is 1.39 bits per heavy atom. The molecule has 4 heteroatoms. The van der Waals surface area contributed by atoms with Crippen molar-refractivity contribution in [3.8, 4) is 22.6 Å². The zero-order valence-corrected chi connectivity index (χ0v) is 15.9. The molecule has 2 aromatic heterocycles. The summed E-state index contributed by atoms with van der Waals surface area (Å²) in [6, 6.07) is 22.5. The van der Waals surface area contributed by atoms with Gasteiger partial charge in [-0.05, 0) is 67.6 Å². The Bertz CT molecular complexity index is 1130. The molecule has 2 aromatic carbocycles. The number of benzene rings is 2. The van der Waals surface area contributed by atoms with Crippen LogP contribution >= 0.6 is 11.6 Å². The quantitative estimate of drug-likeness (QED) is 0.271. The highest BCUT2D eigenvalue weighted by Gasteiger charge is 2.10. The van der Waals surface area contributed by atoms with Crippen molar-refractivity contribution in [2.45, 2.75) is 6.92 Å². The summed E-state index contributed by atoms with van der Waals surface area (Å²) in [5, 5.41) is 0.651. The van der Waals surface area contributed by atoms with Gasteiger partial charge in [0.25, 0.3) is 0 Å². The zero-order chi connectivity index (χ0) is 19.5. The first-order valence-electron chi connectivity index (χ1n) is 8.83. The van der Waals surface area contributed by atoms with Gasteiger partial charge in [-0.1, -0.05) is 41.4 Å². The van der Waals surface area contributed by atoms with Gasteiger partial charge in [-0.3, -0.25) is 4.79 Å². The van der Waals surface area contributed by atoms with E-state index in [0.29, 0.717) is 16.5 Å². The van der Waals surface area contributed by atoms with Gasteiger partial charge in [0.05, 0.1) is 0 Å². The molecular formula is C24H17ClO3. The third kappa shape index (κ3) is 4.00. The predicted octanol–water partition coefficient (Wildman–Crippen LogP) is 7.06. The summed E-state index contributed by atoms with van der Waals surface area (Å²) in [6.45, 7) is 2.04. The minimum atomic E-state index is -0.228. The summed E-state index contributed by atoms with van der Waals surface area (Å²) in [7, 11) is 0. The zero-order valence-electron chi connectivity index (χ0n) is 15.2. The molecule has 0 aliphatic carbocycles. The van der Waals surface area contributed by atoms with E-state index in [2.05, 4.69) is 0 Å². The molecule has 0 aliphatic heterocycles. The fourth-order valence-corrected chi connectivity index (χ4v) is 2.92. The summed E-state index contributed by atoms with van der Waals surface area (Å²) in [6.07, 6.45) is 3.09. The molecule has 0 radical (unpaired) electrons. The summed E-state index contributed by atoms with van der Waals surface area (Å²) in [5.74, 6) is 2.02. The van der Waals surface area contributed by atoms with E-state index in [4.69, 9.17) is 20.4 Å². The van der Waals surface area contributed by atoms with Crippen molar-refractivity contribution in [2.24, 2.45) is 0 Å². The molecular weight excluding hydrogens is 372 g/mol. The lowest BCUT2D eigenvalue weighted by molar-refractivity contribution is 0.102. The van der Waals surface area contributed by atoms with E-state index in [9.17, 15) is 4.79 Å². The van der Waals surface area contributed by atoms with Crippen molar-refractivity contribution in [2.75, 3.05) is 0 Å². The smallest absolute Gasteiger partial charge is 0.221 e. The maximum atomic E-state index is 12.4. The van der Waals surface area contributed by atoms with E-state index in [1.807, 2.05) is 55.5 Å². The molecule has 0 spiro atoms. The lowest BCUT2D eigenvalue weighted by atomic mass is 10.1. The second-order valence-corrected chi connectivity index (χ2v) is 6.87. The van der Waals surface area contributed by atoms with Gasteiger partial charge < -0.3 is 8.83 Å². The van der Waals surface area contributed by atoms with Gasteiger partial charge in [0.15, 0.2) is 5.76 Å². The van der Waals surface area contributed by atoms with Crippen LogP contribution < -0.4 is 0 Å². The van der Waals surface area contributed by atoms with E-state index < -0.39 is 0 Å². The van der Waals surface area contributed by atoms with Crippen molar-refractivity contribution in [1.82, 2.24) is 0 Å². The first-order chi connectivity index (χ1) is 13.6. The third-order valence-corrected chi connectivity index (χ3v) is 4.59.